The van der Waals surface area contributed by atoms with Crippen LogP contribution >= 0.6 is 0 Å². The molecule has 19 heavy (non-hydrogen) atoms. The Bertz CT molecular complexity index is 526. The highest BCUT2D eigenvalue weighted by Crippen LogP contribution is 2.21. The summed E-state index contributed by atoms with van der Waals surface area (Å²) in [4.78, 5) is 6.82. The molecule has 108 valence electrons. The van der Waals surface area contributed by atoms with Crippen molar-refractivity contribution in [3.8, 4) is 0 Å². The number of nitrogens with zero attached hydrogens (tertiary/aromatic N) is 2. The van der Waals surface area contributed by atoms with Gasteiger partial charge in [-0.3, -0.25) is 0 Å². The van der Waals surface area contributed by atoms with E-state index in [1.54, 1.807) is 11.2 Å². The minimum Gasteiger partial charge on any atom is -0.332 e. The lowest BCUT2D eigenvalue weighted by Gasteiger charge is -2.38. The van der Waals surface area contributed by atoms with Crippen LogP contribution in [0.5, 0.6) is 0 Å². The SMILES string of the molecule is CCC1CN(S(=O)(=O)c2cnc(C)[nH]2)C(CC)CN1. The van der Waals surface area contributed by atoms with Crippen molar-refractivity contribution in [2.45, 2.75) is 50.7 Å². The molecule has 2 N–H and O–H groups in total. The van der Waals surface area contributed by atoms with E-state index in [2.05, 4.69) is 22.2 Å². The van der Waals surface area contributed by atoms with Crippen molar-refractivity contribution in [1.82, 2.24) is 19.6 Å². The number of nitrogens with one attached hydrogen (secondary N) is 2. The monoisotopic (exact) mass is 286 g/mol. The van der Waals surface area contributed by atoms with Crippen LogP contribution < -0.4 is 5.32 Å². The maximum atomic E-state index is 12.7. The first-order chi connectivity index (χ1) is 8.98. The topological polar surface area (TPSA) is 78.1 Å². The van der Waals surface area contributed by atoms with E-state index in [9.17, 15) is 8.42 Å². The number of aromatic nitrogens is 2. The van der Waals surface area contributed by atoms with Crippen molar-refractivity contribution in [1.29, 1.82) is 0 Å². The zero-order valence-electron chi connectivity index (χ0n) is 11.7. The van der Waals surface area contributed by atoms with Gasteiger partial charge in [0.25, 0.3) is 10.0 Å². The van der Waals surface area contributed by atoms with Crippen molar-refractivity contribution < 1.29 is 8.42 Å². The molecule has 0 aliphatic carbocycles. The van der Waals surface area contributed by atoms with Crippen LogP contribution in [-0.4, -0.2) is 47.9 Å². The van der Waals surface area contributed by atoms with Gasteiger partial charge in [0.1, 0.15) is 5.82 Å². The highest BCUT2D eigenvalue weighted by atomic mass is 32.2. The first-order valence-corrected chi connectivity index (χ1v) is 8.19. The molecule has 0 aromatic carbocycles. The second-order valence-corrected chi connectivity index (χ2v) is 6.84. The Hall–Kier alpha value is -0.920. The molecule has 1 aliphatic heterocycles. The van der Waals surface area contributed by atoms with Gasteiger partial charge >= 0.3 is 0 Å². The largest absolute Gasteiger partial charge is 0.332 e. The molecular formula is C12H22N4O2S. The number of piperazine rings is 1. The minimum atomic E-state index is -3.47. The molecule has 2 rings (SSSR count). The zero-order valence-corrected chi connectivity index (χ0v) is 12.5. The van der Waals surface area contributed by atoms with Crippen LogP contribution in [0.25, 0.3) is 0 Å². The zero-order chi connectivity index (χ0) is 14.0. The van der Waals surface area contributed by atoms with Gasteiger partial charge in [0, 0.05) is 25.2 Å². The minimum absolute atomic E-state index is 0.0106. The first-order valence-electron chi connectivity index (χ1n) is 6.75. The van der Waals surface area contributed by atoms with Gasteiger partial charge in [0.15, 0.2) is 5.03 Å². The van der Waals surface area contributed by atoms with Crippen molar-refractivity contribution in [3.63, 3.8) is 0 Å². The molecule has 6 nitrogen and oxygen atoms in total. The lowest BCUT2D eigenvalue weighted by molar-refractivity contribution is 0.215. The second kappa shape index (κ2) is 5.60. The molecule has 0 spiro atoms. The van der Waals surface area contributed by atoms with Gasteiger partial charge in [-0.1, -0.05) is 13.8 Å². The Labute approximate surface area is 114 Å². The Morgan fingerprint density at radius 1 is 1.42 bits per heavy atom. The van der Waals surface area contributed by atoms with Gasteiger partial charge in [-0.05, 0) is 19.8 Å². The number of hydrogen-bond acceptors (Lipinski definition) is 4. The summed E-state index contributed by atoms with van der Waals surface area (Å²) >= 11 is 0. The third-order valence-corrected chi connectivity index (χ3v) is 5.51. The fraction of sp³-hybridized carbons (Fsp3) is 0.750. The number of aryl methyl sites for hydroxylation is 1. The Balaban J connectivity index is 2.30. The van der Waals surface area contributed by atoms with E-state index in [0.29, 0.717) is 18.9 Å². The van der Waals surface area contributed by atoms with Crippen LogP contribution in [0.15, 0.2) is 11.2 Å². The van der Waals surface area contributed by atoms with Gasteiger partial charge in [-0.15, -0.1) is 0 Å². The summed E-state index contributed by atoms with van der Waals surface area (Å²) in [5.74, 6) is 0.619. The van der Waals surface area contributed by atoms with Crippen LogP contribution in [-0.2, 0) is 10.0 Å². The molecule has 1 aromatic rings. The van der Waals surface area contributed by atoms with E-state index < -0.39 is 10.0 Å². The van der Waals surface area contributed by atoms with Gasteiger partial charge < -0.3 is 10.3 Å². The molecule has 7 heteroatoms. The van der Waals surface area contributed by atoms with Gasteiger partial charge in [-0.2, -0.15) is 4.31 Å². The predicted molar refractivity (Wildman–Crippen MR) is 73.4 cm³/mol. The fourth-order valence-corrected chi connectivity index (χ4v) is 4.11. The molecule has 1 fully saturated rings. The maximum absolute atomic E-state index is 12.7. The van der Waals surface area contributed by atoms with Crippen molar-refractivity contribution in [2.24, 2.45) is 0 Å². The summed E-state index contributed by atoms with van der Waals surface area (Å²) in [6.45, 7) is 7.06. The predicted octanol–water partition coefficient (Wildman–Crippen LogP) is 0.869. The Morgan fingerprint density at radius 2 is 2.16 bits per heavy atom. The van der Waals surface area contributed by atoms with Crippen LogP contribution in [0, 0.1) is 6.92 Å². The third kappa shape index (κ3) is 2.82. The number of sulfonamides is 1. The molecule has 2 unspecified atom stereocenters. The van der Waals surface area contributed by atoms with E-state index in [0.717, 1.165) is 12.8 Å². The molecule has 0 saturated carbocycles. The highest BCUT2D eigenvalue weighted by Gasteiger charge is 2.36. The van der Waals surface area contributed by atoms with Crippen LogP contribution in [0.1, 0.15) is 32.5 Å². The molecule has 0 radical (unpaired) electrons. The van der Waals surface area contributed by atoms with Crippen molar-refractivity contribution in [2.75, 3.05) is 13.1 Å². The lowest BCUT2D eigenvalue weighted by Crippen LogP contribution is -2.57. The summed E-state index contributed by atoms with van der Waals surface area (Å²) < 4.78 is 26.9. The lowest BCUT2D eigenvalue weighted by atomic mass is 10.1. The first kappa shape index (κ1) is 14.5. The molecule has 0 amide bonds. The van der Waals surface area contributed by atoms with Crippen LogP contribution in [0.2, 0.25) is 0 Å². The molecular weight excluding hydrogens is 264 g/mol. The van der Waals surface area contributed by atoms with Gasteiger partial charge in [0.2, 0.25) is 0 Å². The number of imidazole rings is 1. The normalized spacial score (nSPS) is 25.6. The summed E-state index contributed by atoms with van der Waals surface area (Å²) in [6, 6.07) is 0.234. The summed E-state index contributed by atoms with van der Waals surface area (Å²) in [5, 5.41) is 3.59. The average Bonchev–Trinajstić information content (AvgIpc) is 2.85. The van der Waals surface area contributed by atoms with Crippen LogP contribution in [0.3, 0.4) is 0 Å². The smallest absolute Gasteiger partial charge is 0.260 e. The summed E-state index contributed by atoms with van der Waals surface area (Å²) in [7, 11) is -3.47. The standard InChI is InChI=1S/C12H22N4O2S/c1-4-10-8-16(11(5-2)6-14-10)19(17,18)12-7-13-9(3)15-12/h7,10-11,14H,4-6,8H2,1-3H3,(H,13,15). The molecule has 0 bridgehead atoms. The van der Waals surface area contributed by atoms with Crippen molar-refractivity contribution >= 4 is 10.0 Å². The van der Waals surface area contributed by atoms with E-state index >= 15 is 0 Å². The fourth-order valence-electron chi connectivity index (χ4n) is 2.41. The summed E-state index contributed by atoms with van der Waals surface area (Å²) in [6.07, 6.45) is 3.13. The van der Waals surface area contributed by atoms with Gasteiger partial charge in [-0.25, -0.2) is 13.4 Å². The molecule has 2 heterocycles. The average molecular weight is 286 g/mol. The number of hydrogen-bond donors (Lipinski definition) is 2. The quantitative estimate of drug-likeness (QED) is 0.861. The van der Waals surface area contributed by atoms with Crippen LogP contribution in [0.4, 0.5) is 0 Å². The number of rotatable bonds is 4. The number of H-pyrrole nitrogens is 1. The number of aromatic amines is 1. The third-order valence-electron chi connectivity index (χ3n) is 3.68. The molecule has 1 saturated heterocycles. The molecule has 2 atom stereocenters. The van der Waals surface area contributed by atoms with Crippen molar-refractivity contribution in [3.05, 3.63) is 12.0 Å². The second-order valence-electron chi connectivity index (χ2n) is 4.98. The molecule has 1 aromatic heterocycles. The van der Waals surface area contributed by atoms with Gasteiger partial charge in [0.05, 0.1) is 6.20 Å². The van der Waals surface area contributed by atoms with E-state index in [-0.39, 0.29) is 17.1 Å². The summed E-state index contributed by atoms with van der Waals surface area (Å²) in [5.41, 5.74) is 0. The highest BCUT2D eigenvalue weighted by molar-refractivity contribution is 7.89. The Kier molecular flexibility index (Phi) is 4.27. The van der Waals surface area contributed by atoms with E-state index in [1.165, 1.54) is 6.20 Å². The Morgan fingerprint density at radius 3 is 2.68 bits per heavy atom. The molecule has 1 aliphatic rings. The van der Waals surface area contributed by atoms with E-state index in [1.807, 2.05) is 6.92 Å². The van der Waals surface area contributed by atoms with E-state index in [4.69, 9.17) is 0 Å². The maximum Gasteiger partial charge on any atom is 0.260 e.